The highest BCUT2D eigenvalue weighted by atomic mass is 16.5. The van der Waals surface area contributed by atoms with Crippen LogP contribution in [0.4, 0.5) is 5.69 Å². The quantitative estimate of drug-likeness (QED) is 0.802. The minimum Gasteiger partial charge on any atom is -0.465 e. The first kappa shape index (κ1) is 16.9. The molecule has 0 spiro atoms. The summed E-state index contributed by atoms with van der Waals surface area (Å²) in [6.07, 6.45) is 3.93. The van der Waals surface area contributed by atoms with Gasteiger partial charge in [0.15, 0.2) is 0 Å². The monoisotopic (exact) mass is 332 g/mol. The molecule has 1 aliphatic heterocycles. The molecular formula is C18H24N2O4. The molecule has 2 aliphatic rings. The Labute approximate surface area is 141 Å². The molecule has 6 nitrogen and oxygen atoms in total. The van der Waals surface area contributed by atoms with Crippen molar-refractivity contribution >= 4 is 17.6 Å². The summed E-state index contributed by atoms with van der Waals surface area (Å²) in [7, 11) is 1.32. The molecule has 1 saturated heterocycles. The summed E-state index contributed by atoms with van der Waals surface area (Å²) >= 11 is 0. The fourth-order valence-corrected chi connectivity index (χ4v) is 3.49. The van der Waals surface area contributed by atoms with Crippen LogP contribution in [0.1, 0.15) is 36.0 Å². The molecule has 2 fully saturated rings. The van der Waals surface area contributed by atoms with Crippen molar-refractivity contribution in [2.45, 2.75) is 31.3 Å². The Morgan fingerprint density at radius 2 is 2.21 bits per heavy atom. The fraction of sp³-hybridized carbons (Fsp3) is 0.556. The molecule has 2 N–H and O–H groups in total. The Hall–Kier alpha value is -1.92. The average molecular weight is 332 g/mol. The molecule has 1 unspecified atom stereocenters. The standard InChI is InChI=1S/C18H24N2O4/c1-24-17(22)13-4-2-5-15(10-13)19-16(21)11-20-9-3-8-18(23,12-20)14-6-7-14/h2,4-5,10,14,23H,3,6-9,11-12H2,1H3,(H,19,21). The third kappa shape index (κ3) is 3.94. The largest absolute Gasteiger partial charge is 0.465 e. The molecule has 24 heavy (non-hydrogen) atoms. The number of hydrogen-bond donors (Lipinski definition) is 2. The highest BCUT2D eigenvalue weighted by Crippen LogP contribution is 2.43. The van der Waals surface area contributed by atoms with Gasteiger partial charge in [-0.2, -0.15) is 0 Å². The number of methoxy groups -OCH3 is 1. The number of ether oxygens (including phenoxy) is 1. The van der Waals surface area contributed by atoms with E-state index in [2.05, 4.69) is 10.1 Å². The van der Waals surface area contributed by atoms with Crippen molar-refractivity contribution in [2.75, 3.05) is 32.1 Å². The van der Waals surface area contributed by atoms with E-state index in [9.17, 15) is 14.7 Å². The average Bonchev–Trinajstić information content (AvgIpc) is 3.39. The molecule has 0 bridgehead atoms. The number of nitrogens with one attached hydrogen (secondary N) is 1. The van der Waals surface area contributed by atoms with Gasteiger partial charge in [0.05, 0.1) is 24.8 Å². The predicted octanol–water partition coefficient (Wildman–Crippen LogP) is 1.65. The fourth-order valence-electron chi connectivity index (χ4n) is 3.49. The zero-order valence-electron chi connectivity index (χ0n) is 14.0. The summed E-state index contributed by atoms with van der Waals surface area (Å²) in [5, 5.41) is 13.5. The summed E-state index contributed by atoms with van der Waals surface area (Å²) in [5.74, 6) is -0.172. The second-order valence-electron chi connectivity index (χ2n) is 6.81. The van der Waals surface area contributed by atoms with Crippen LogP contribution in [0.5, 0.6) is 0 Å². The maximum Gasteiger partial charge on any atom is 0.337 e. The van der Waals surface area contributed by atoms with Gasteiger partial charge in [-0.15, -0.1) is 0 Å². The summed E-state index contributed by atoms with van der Waals surface area (Å²) in [5.41, 5.74) is 0.345. The Morgan fingerprint density at radius 1 is 1.42 bits per heavy atom. The predicted molar refractivity (Wildman–Crippen MR) is 89.8 cm³/mol. The Morgan fingerprint density at radius 3 is 2.92 bits per heavy atom. The van der Waals surface area contributed by atoms with Gasteiger partial charge in [-0.05, 0) is 56.3 Å². The zero-order chi connectivity index (χ0) is 17.2. The van der Waals surface area contributed by atoms with Crippen molar-refractivity contribution in [3.8, 4) is 0 Å². The number of esters is 1. The lowest BCUT2D eigenvalue weighted by molar-refractivity contribution is -0.119. The van der Waals surface area contributed by atoms with Crippen LogP contribution in [0, 0.1) is 5.92 Å². The maximum atomic E-state index is 12.3. The Balaban J connectivity index is 1.56. The van der Waals surface area contributed by atoms with E-state index < -0.39 is 11.6 Å². The third-order valence-electron chi connectivity index (χ3n) is 4.85. The van der Waals surface area contributed by atoms with Crippen LogP contribution >= 0.6 is 0 Å². The summed E-state index contributed by atoms with van der Waals surface area (Å²) in [4.78, 5) is 25.8. The molecular weight excluding hydrogens is 308 g/mol. The number of hydrogen-bond acceptors (Lipinski definition) is 5. The van der Waals surface area contributed by atoms with Crippen molar-refractivity contribution in [3.63, 3.8) is 0 Å². The number of carbonyl (C=O) groups excluding carboxylic acids is 2. The summed E-state index contributed by atoms with van der Waals surface area (Å²) < 4.78 is 4.68. The van der Waals surface area contributed by atoms with E-state index in [0.717, 1.165) is 32.2 Å². The van der Waals surface area contributed by atoms with E-state index in [0.29, 0.717) is 23.7 Å². The number of carbonyl (C=O) groups is 2. The molecule has 1 amide bonds. The highest BCUT2D eigenvalue weighted by Gasteiger charge is 2.46. The molecule has 1 heterocycles. The van der Waals surface area contributed by atoms with E-state index in [1.165, 1.54) is 7.11 Å². The topological polar surface area (TPSA) is 78.9 Å². The Kier molecular flexibility index (Phi) is 4.87. The summed E-state index contributed by atoms with van der Waals surface area (Å²) in [6.45, 7) is 1.63. The van der Waals surface area contributed by atoms with Crippen LogP contribution in [0.15, 0.2) is 24.3 Å². The van der Waals surface area contributed by atoms with E-state index in [4.69, 9.17) is 0 Å². The van der Waals surface area contributed by atoms with E-state index in [-0.39, 0.29) is 12.5 Å². The number of likely N-dealkylation sites (tertiary alicyclic amines) is 1. The number of rotatable bonds is 5. The number of anilines is 1. The molecule has 3 rings (SSSR count). The van der Waals surface area contributed by atoms with Crippen molar-refractivity contribution in [1.29, 1.82) is 0 Å². The maximum absolute atomic E-state index is 12.3. The highest BCUT2D eigenvalue weighted by molar-refractivity contribution is 5.95. The zero-order valence-corrected chi connectivity index (χ0v) is 14.0. The van der Waals surface area contributed by atoms with Gasteiger partial charge in [-0.25, -0.2) is 4.79 Å². The normalized spacial score (nSPS) is 24.4. The molecule has 1 atom stereocenters. The van der Waals surface area contributed by atoms with Gasteiger partial charge in [0.2, 0.25) is 5.91 Å². The number of amides is 1. The Bertz CT molecular complexity index is 629. The number of nitrogens with zero attached hydrogens (tertiary/aromatic N) is 1. The molecule has 1 saturated carbocycles. The van der Waals surface area contributed by atoms with Crippen LogP contribution in [0.3, 0.4) is 0 Å². The van der Waals surface area contributed by atoms with Crippen LogP contribution in [-0.2, 0) is 9.53 Å². The molecule has 0 aromatic heterocycles. The molecule has 130 valence electrons. The van der Waals surface area contributed by atoms with Gasteiger partial charge in [-0.3, -0.25) is 9.69 Å². The van der Waals surface area contributed by atoms with Gasteiger partial charge in [-0.1, -0.05) is 6.07 Å². The first-order valence-corrected chi connectivity index (χ1v) is 8.43. The van der Waals surface area contributed by atoms with Crippen molar-refractivity contribution in [2.24, 2.45) is 5.92 Å². The van der Waals surface area contributed by atoms with Crippen molar-refractivity contribution in [1.82, 2.24) is 4.90 Å². The second kappa shape index (κ2) is 6.91. The number of benzene rings is 1. The smallest absolute Gasteiger partial charge is 0.337 e. The van der Waals surface area contributed by atoms with Crippen molar-refractivity contribution < 1.29 is 19.4 Å². The molecule has 6 heteroatoms. The lowest BCUT2D eigenvalue weighted by Gasteiger charge is -2.39. The van der Waals surface area contributed by atoms with E-state index in [1.807, 2.05) is 4.90 Å². The molecule has 1 aromatic rings. The van der Waals surface area contributed by atoms with E-state index >= 15 is 0 Å². The summed E-state index contributed by atoms with van der Waals surface area (Å²) in [6, 6.07) is 6.68. The molecule has 1 aromatic carbocycles. The van der Waals surface area contributed by atoms with Gasteiger partial charge in [0, 0.05) is 12.2 Å². The first-order chi connectivity index (χ1) is 11.5. The van der Waals surface area contributed by atoms with Crippen LogP contribution in [0.25, 0.3) is 0 Å². The number of β-amino-alcohol motifs (C(OH)–C–C–N with tert-alkyl or cyclic N) is 1. The second-order valence-corrected chi connectivity index (χ2v) is 6.81. The van der Waals surface area contributed by atoms with Gasteiger partial charge < -0.3 is 15.2 Å². The van der Waals surface area contributed by atoms with Gasteiger partial charge in [0.1, 0.15) is 0 Å². The van der Waals surface area contributed by atoms with E-state index in [1.54, 1.807) is 24.3 Å². The lowest BCUT2D eigenvalue weighted by Crippen LogP contribution is -2.51. The first-order valence-electron chi connectivity index (χ1n) is 8.43. The van der Waals surface area contributed by atoms with Crippen molar-refractivity contribution in [3.05, 3.63) is 29.8 Å². The minimum atomic E-state index is -0.622. The molecule has 0 radical (unpaired) electrons. The van der Waals surface area contributed by atoms with Crippen LogP contribution < -0.4 is 5.32 Å². The number of aliphatic hydroxyl groups is 1. The lowest BCUT2D eigenvalue weighted by atomic mass is 9.88. The van der Waals surface area contributed by atoms with Crippen LogP contribution in [-0.4, -0.2) is 54.2 Å². The minimum absolute atomic E-state index is 0.142. The van der Waals surface area contributed by atoms with Gasteiger partial charge >= 0.3 is 5.97 Å². The molecule has 1 aliphatic carbocycles. The number of piperidine rings is 1. The van der Waals surface area contributed by atoms with Gasteiger partial charge in [0.25, 0.3) is 0 Å². The van der Waals surface area contributed by atoms with Crippen LogP contribution in [0.2, 0.25) is 0 Å². The third-order valence-corrected chi connectivity index (χ3v) is 4.85. The SMILES string of the molecule is COC(=O)c1cccc(NC(=O)CN2CCCC(O)(C3CC3)C2)c1.